The summed E-state index contributed by atoms with van der Waals surface area (Å²) in [6.45, 7) is 2.41. The molecule has 1 N–H and O–H groups in total. The summed E-state index contributed by atoms with van der Waals surface area (Å²) in [4.78, 5) is 13.2. The topological polar surface area (TPSA) is 66.0 Å². The summed E-state index contributed by atoms with van der Waals surface area (Å²) in [5.41, 5.74) is 5.53. The fourth-order valence-corrected chi connectivity index (χ4v) is 3.96. The molecule has 3 aromatic carbocycles. The summed E-state index contributed by atoms with van der Waals surface area (Å²) in [5, 5.41) is 19.8. The Labute approximate surface area is 187 Å². The maximum Gasteiger partial charge on any atom is 0.258 e. The van der Waals surface area contributed by atoms with Crippen molar-refractivity contribution in [3.63, 3.8) is 0 Å². The summed E-state index contributed by atoms with van der Waals surface area (Å²) in [6.07, 6.45) is 1.09. The van der Waals surface area contributed by atoms with Crippen LogP contribution >= 0.6 is 0 Å². The molecule has 0 amide bonds. The molecule has 158 valence electrons. The van der Waals surface area contributed by atoms with Crippen molar-refractivity contribution in [2.75, 3.05) is 0 Å². The Morgan fingerprint density at radius 3 is 2.31 bits per heavy atom. The molecule has 1 aromatic heterocycles. The number of hydrogen-bond acceptors (Lipinski definition) is 3. The Morgan fingerprint density at radius 1 is 0.906 bits per heavy atom. The van der Waals surface area contributed by atoms with Gasteiger partial charge in [0.25, 0.3) is 5.56 Å². The number of aryl methyl sites for hydroxylation is 2. The highest BCUT2D eigenvalue weighted by atomic mass is 16.3. The number of aromatic nitrogens is 1. The first-order chi connectivity index (χ1) is 15.6. The molecule has 4 aromatic rings. The fourth-order valence-electron chi connectivity index (χ4n) is 3.96. The number of pyridine rings is 1. The van der Waals surface area contributed by atoms with Crippen LogP contribution in [0.25, 0.3) is 11.1 Å². The second kappa shape index (κ2) is 9.36. The van der Waals surface area contributed by atoms with Gasteiger partial charge in [0.05, 0.1) is 17.2 Å². The van der Waals surface area contributed by atoms with E-state index in [2.05, 4.69) is 6.07 Å². The Bertz CT molecular complexity index is 1330. The Hall–Kier alpha value is -4.10. The first-order valence-electron chi connectivity index (χ1n) is 10.6. The molecular formula is C28H24N2O2. The Balaban J connectivity index is 1.59. The van der Waals surface area contributed by atoms with E-state index in [1.807, 2.05) is 79.7 Å². The molecule has 0 spiro atoms. The zero-order valence-electron chi connectivity index (χ0n) is 18.0. The minimum atomic E-state index is -0.155. The molecule has 4 nitrogen and oxygen atoms in total. The highest BCUT2D eigenvalue weighted by molar-refractivity contribution is 5.70. The van der Waals surface area contributed by atoms with Crippen LogP contribution in [-0.4, -0.2) is 9.67 Å². The van der Waals surface area contributed by atoms with Crippen LogP contribution in [0.5, 0.6) is 5.75 Å². The second-order valence-electron chi connectivity index (χ2n) is 7.87. The van der Waals surface area contributed by atoms with Crippen LogP contribution in [0.15, 0.2) is 89.7 Å². The quantitative estimate of drug-likeness (QED) is 0.464. The van der Waals surface area contributed by atoms with Crippen LogP contribution in [0.2, 0.25) is 0 Å². The maximum absolute atomic E-state index is 13.2. The van der Waals surface area contributed by atoms with E-state index in [4.69, 9.17) is 0 Å². The SMILES string of the molecule is Cc1cc(O)c(Cc2ccc(-c3ccccc3C#N)cc2)c(=O)n1CCc1ccccc1. The van der Waals surface area contributed by atoms with Crippen molar-refractivity contribution in [1.82, 2.24) is 4.57 Å². The molecule has 0 saturated carbocycles. The van der Waals surface area contributed by atoms with Gasteiger partial charge in [-0.1, -0.05) is 72.8 Å². The average Bonchev–Trinajstić information content (AvgIpc) is 2.82. The van der Waals surface area contributed by atoms with Crippen molar-refractivity contribution in [1.29, 1.82) is 5.26 Å². The number of nitriles is 1. The van der Waals surface area contributed by atoms with E-state index >= 15 is 0 Å². The lowest BCUT2D eigenvalue weighted by molar-refractivity contribution is 0.461. The highest BCUT2D eigenvalue weighted by Gasteiger charge is 2.14. The molecular weight excluding hydrogens is 396 g/mol. The predicted octanol–water partition coefficient (Wildman–Crippen LogP) is 5.23. The minimum Gasteiger partial charge on any atom is -0.507 e. The summed E-state index contributed by atoms with van der Waals surface area (Å²) in [5.74, 6) is 0.0300. The van der Waals surface area contributed by atoms with Gasteiger partial charge in [-0.05, 0) is 47.7 Å². The van der Waals surface area contributed by atoms with Gasteiger partial charge in [0, 0.05) is 18.7 Å². The fraction of sp³-hybridized carbons (Fsp3) is 0.143. The zero-order valence-corrected chi connectivity index (χ0v) is 18.0. The number of hydrogen-bond donors (Lipinski definition) is 1. The van der Waals surface area contributed by atoms with Gasteiger partial charge in [0.15, 0.2) is 0 Å². The van der Waals surface area contributed by atoms with Gasteiger partial charge in [0.2, 0.25) is 0 Å². The van der Waals surface area contributed by atoms with Gasteiger partial charge in [-0.2, -0.15) is 5.26 Å². The van der Waals surface area contributed by atoms with E-state index in [1.165, 1.54) is 5.56 Å². The smallest absolute Gasteiger partial charge is 0.258 e. The third kappa shape index (κ3) is 4.48. The highest BCUT2D eigenvalue weighted by Crippen LogP contribution is 2.25. The van der Waals surface area contributed by atoms with E-state index in [9.17, 15) is 15.2 Å². The van der Waals surface area contributed by atoms with E-state index in [0.29, 0.717) is 24.1 Å². The number of nitrogens with zero attached hydrogens (tertiary/aromatic N) is 2. The average molecular weight is 421 g/mol. The molecule has 0 fully saturated rings. The molecule has 0 aliphatic rings. The molecule has 0 unspecified atom stereocenters. The monoisotopic (exact) mass is 420 g/mol. The first kappa shape index (κ1) is 21.1. The van der Waals surface area contributed by atoms with Gasteiger partial charge in [-0.25, -0.2) is 0 Å². The molecule has 0 aliphatic carbocycles. The molecule has 0 saturated heterocycles. The Kier molecular flexibility index (Phi) is 6.19. The third-order valence-electron chi connectivity index (χ3n) is 5.74. The maximum atomic E-state index is 13.2. The summed E-state index contributed by atoms with van der Waals surface area (Å²) >= 11 is 0. The van der Waals surface area contributed by atoms with Gasteiger partial charge < -0.3 is 9.67 Å². The van der Waals surface area contributed by atoms with Crippen molar-refractivity contribution in [2.45, 2.75) is 26.3 Å². The first-order valence-corrected chi connectivity index (χ1v) is 10.6. The molecule has 4 heteroatoms. The van der Waals surface area contributed by atoms with Crippen LogP contribution in [0.1, 0.15) is 27.9 Å². The van der Waals surface area contributed by atoms with Gasteiger partial charge in [-0.15, -0.1) is 0 Å². The van der Waals surface area contributed by atoms with Crippen LogP contribution in [0.4, 0.5) is 0 Å². The third-order valence-corrected chi connectivity index (χ3v) is 5.74. The molecule has 0 aliphatic heterocycles. The lowest BCUT2D eigenvalue weighted by atomic mass is 9.97. The van der Waals surface area contributed by atoms with E-state index in [0.717, 1.165) is 28.8 Å². The molecule has 0 atom stereocenters. The van der Waals surface area contributed by atoms with Crippen LogP contribution in [0.3, 0.4) is 0 Å². The van der Waals surface area contributed by atoms with Crippen LogP contribution < -0.4 is 5.56 Å². The predicted molar refractivity (Wildman–Crippen MR) is 127 cm³/mol. The van der Waals surface area contributed by atoms with Gasteiger partial charge in [0.1, 0.15) is 5.75 Å². The van der Waals surface area contributed by atoms with Crippen LogP contribution in [-0.2, 0) is 19.4 Å². The van der Waals surface area contributed by atoms with Gasteiger partial charge in [-0.3, -0.25) is 4.79 Å². The van der Waals surface area contributed by atoms with E-state index < -0.39 is 0 Å². The minimum absolute atomic E-state index is 0.0300. The van der Waals surface area contributed by atoms with Crippen molar-refractivity contribution in [2.24, 2.45) is 0 Å². The Morgan fingerprint density at radius 2 is 1.59 bits per heavy atom. The molecule has 1 heterocycles. The van der Waals surface area contributed by atoms with Crippen molar-refractivity contribution < 1.29 is 5.11 Å². The lowest BCUT2D eigenvalue weighted by Crippen LogP contribution is -2.26. The zero-order chi connectivity index (χ0) is 22.5. The molecule has 0 radical (unpaired) electrons. The summed E-state index contributed by atoms with van der Waals surface area (Å²) < 4.78 is 1.74. The molecule has 4 rings (SSSR count). The van der Waals surface area contributed by atoms with Crippen molar-refractivity contribution >= 4 is 0 Å². The largest absolute Gasteiger partial charge is 0.507 e. The van der Waals surface area contributed by atoms with Crippen LogP contribution in [0, 0.1) is 18.3 Å². The van der Waals surface area contributed by atoms with Gasteiger partial charge >= 0.3 is 0 Å². The summed E-state index contributed by atoms with van der Waals surface area (Å²) in [7, 11) is 0. The van der Waals surface area contributed by atoms with Crippen molar-refractivity contribution in [3.05, 3.63) is 123 Å². The van der Waals surface area contributed by atoms with E-state index in [-0.39, 0.29) is 11.3 Å². The van der Waals surface area contributed by atoms with Crippen molar-refractivity contribution in [3.8, 4) is 22.9 Å². The molecule has 32 heavy (non-hydrogen) atoms. The summed E-state index contributed by atoms with van der Waals surface area (Å²) in [6, 6.07) is 29.2. The second-order valence-corrected chi connectivity index (χ2v) is 7.87. The van der Waals surface area contributed by atoms with E-state index in [1.54, 1.807) is 16.7 Å². The number of rotatable bonds is 6. The molecule has 0 bridgehead atoms. The standard InChI is InChI=1S/C28H24N2O2/c1-20-17-27(31)26(28(32)30(20)16-15-21-7-3-2-4-8-21)18-22-11-13-23(14-12-22)25-10-6-5-9-24(25)19-29/h2-14,17,31H,15-16,18H2,1H3. The number of benzene rings is 3. The normalized spacial score (nSPS) is 10.6. The number of aromatic hydroxyl groups is 1. The lowest BCUT2D eigenvalue weighted by Gasteiger charge is -2.14.